The third kappa shape index (κ3) is 3.15. The van der Waals surface area contributed by atoms with E-state index in [1.54, 1.807) is 12.3 Å². The molecule has 2 amide bonds. The van der Waals surface area contributed by atoms with E-state index in [0.29, 0.717) is 47.6 Å². The summed E-state index contributed by atoms with van der Waals surface area (Å²) in [6.07, 6.45) is 14.4. The van der Waals surface area contributed by atoms with Crippen molar-refractivity contribution in [1.29, 1.82) is 0 Å². The summed E-state index contributed by atoms with van der Waals surface area (Å²) < 4.78 is 0. The van der Waals surface area contributed by atoms with E-state index in [4.69, 9.17) is 5.73 Å². The molecular formula is C25H35N5O2. The molecule has 7 nitrogen and oxygen atoms in total. The Morgan fingerprint density at radius 2 is 2.03 bits per heavy atom. The first-order chi connectivity index (χ1) is 15.2. The number of hydrogen-bond acceptors (Lipinski definition) is 5. The van der Waals surface area contributed by atoms with Crippen LogP contribution in [-0.4, -0.2) is 39.8 Å². The van der Waals surface area contributed by atoms with Crippen molar-refractivity contribution in [3.05, 3.63) is 24.7 Å². The lowest BCUT2D eigenvalue weighted by atomic mass is 9.47. The van der Waals surface area contributed by atoms with Gasteiger partial charge < -0.3 is 16.0 Å². The van der Waals surface area contributed by atoms with Crippen molar-refractivity contribution < 1.29 is 9.59 Å². The lowest BCUT2D eigenvalue weighted by Crippen LogP contribution is -2.59. The van der Waals surface area contributed by atoms with Crippen LogP contribution in [-0.2, 0) is 9.59 Å². The molecule has 0 spiro atoms. The number of nitrogens with two attached hydrogens (primary N) is 1. The Morgan fingerprint density at radius 1 is 1.22 bits per heavy atom. The third-order valence-electron chi connectivity index (χ3n) is 9.77. The minimum Gasteiger partial charge on any atom is -0.382 e. The van der Waals surface area contributed by atoms with Gasteiger partial charge in [-0.05, 0) is 73.7 Å². The van der Waals surface area contributed by atoms with Gasteiger partial charge in [0.1, 0.15) is 12.0 Å². The van der Waals surface area contributed by atoms with Crippen LogP contribution >= 0.6 is 0 Å². The molecule has 0 aromatic carbocycles. The smallest absolute Gasteiger partial charge is 0.246 e. The first-order valence-corrected chi connectivity index (χ1v) is 12.1. The van der Waals surface area contributed by atoms with Gasteiger partial charge in [-0.25, -0.2) is 9.97 Å². The van der Waals surface area contributed by atoms with Crippen molar-refractivity contribution in [3.63, 3.8) is 0 Å². The van der Waals surface area contributed by atoms with Crippen LogP contribution in [0.15, 0.2) is 24.7 Å². The Kier molecular flexibility index (Phi) is 5.06. The molecule has 32 heavy (non-hydrogen) atoms. The van der Waals surface area contributed by atoms with E-state index in [9.17, 15) is 9.59 Å². The molecule has 1 aliphatic heterocycles. The highest BCUT2D eigenvalue weighted by Gasteiger charge is 2.60. The summed E-state index contributed by atoms with van der Waals surface area (Å²) in [5.74, 6) is 2.77. The molecule has 3 fully saturated rings. The zero-order valence-electron chi connectivity index (χ0n) is 19.4. The Balaban J connectivity index is 1.32. The van der Waals surface area contributed by atoms with Gasteiger partial charge in [0.15, 0.2) is 5.82 Å². The summed E-state index contributed by atoms with van der Waals surface area (Å²) in [6.45, 7) is 4.81. The average Bonchev–Trinajstić information content (AvgIpc) is 3.09. The van der Waals surface area contributed by atoms with Crippen LogP contribution < -0.4 is 11.1 Å². The number of carbonyl (C=O) groups excluding carboxylic acids is 2. The normalized spacial score (nSPS) is 40.4. The number of nitrogens with zero attached hydrogens (tertiary/aromatic N) is 3. The van der Waals surface area contributed by atoms with Crippen LogP contribution in [0.25, 0.3) is 0 Å². The molecule has 4 aliphatic rings. The quantitative estimate of drug-likeness (QED) is 0.752. The van der Waals surface area contributed by atoms with Crippen LogP contribution in [0.4, 0.5) is 11.5 Å². The molecule has 0 saturated heterocycles. The van der Waals surface area contributed by atoms with Crippen LogP contribution in [0.3, 0.4) is 0 Å². The minimum atomic E-state index is 0.00604. The van der Waals surface area contributed by atoms with Crippen molar-refractivity contribution in [2.45, 2.75) is 64.8 Å². The third-order valence-corrected chi connectivity index (χ3v) is 9.77. The predicted octanol–water partition coefficient (Wildman–Crippen LogP) is 3.64. The number of amides is 2. The summed E-state index contributed by atoms with van der Waals surface area (Å²) >= 11 is 0. The summed E-state index contributed by atoms with van der Waals surface area (Å²) in [4.78, 5) is 35.0. The first kappa shape index (κ1) is 21.4. The fraction of sp³-hybridized carbons (Fsp3) is 0.680. The maximum atomic E-state index is 12.9. The molecule has 4 unspecified atom stereocenters. The molecule has 3 aliphatic carbocycles. The van der Waals surface area contributed by atoms with E-state index in [1.165, 1.54) is 25.6 Å². The molecule has 0 radical (unpaired) electrons. The predicted molar refractivity (Wildman–Crippen MR) is 123 cm³/mol. The average molecular weight is 438 g/mol. The number of rotatable bonds is 3. The zero-order valence-corrected chi connectivity index (χ0v) is 19.4. The summed E-state index contributed by atoms with van der Waals surface area (Å²) in [5, 5.41) is 2.92. The van der Waals surface area contributed by atoms with Gasteiger partial charge >= 0.3 is 0 Å². The number of hydrogen-bond donors (Lipinski definition) is 2. The van der Waals surface area contributed by atoms with E-state index in [0.717, 1.165) is 19.3 Å². The molecule has 1 aromatic heterocycles. The van der Waals surface area contributed by atoms with E-state index >= 15 is 0 Å². The summed E-state index contributed by atoms with van der Waals surface area (Å²) in [7, 11) is 1.97. The minimum absolute atomic E-state index is 0.00604. The molecule has 172 valence electrons. The molecule has 3 N–H and O–H groups in total. The number of likely N-dealkylation sites (N-methyl/N-ethyl adjacent to an activating group) is 1. The Labute approximate surface area is 190 Å². The SMILES string of the molecule is CN1C(=O)C=C[C@]2(C)C3CC[C@@]4(C)C(CC[C@@H]4CC(=O)Nc4cncnc4N)C3CCC12. The molecule has 0 bridgehead atoms. The monoisotopic (exact) mass is 437 g/mol. The van der Waals surface area contributed by atoms with E-state index < -0.39 is 0 Å². The lowest BCUT2D eigenvalue weighted by molar-refractivity contribution is -0.139. The Morgan fingerprint density at radius 3 is 2.81 bits per heavy atom. The van der Waals surface area contributed by atoms with Crippen LogP contribution in [0.1, 0.15) is 58.8 Å². The molecule has 7 heteroatoms. The highest BCUT2D eigenvalue weighted by molar-refractivity contribution is 5.93. The van der Waals surface area contributed by atoms with Crippen LogP contribution in [0.2, 0.25) is 0 Å². The van der Waals surface area contributed by atoms with Gasteiger partial charge in [-0.1, -0.05) is 19.9 Å². The zero-order chi connectivity index (χ0) is 22.7. The fourth-order valence-corrected chi connectivity index (χ4v) is 8.04. The number of carbonyl (C=O) groups is 2. The highest BCUT2D eigenvalue weighted by atomic mass is 16.2. The maximum Gasteiger partial charge on any atom is 0.246 e. The first-order valence-electron chi connectivity index (χ1n) is 12.1. The largest absolute Gasteiger partial charge is 0.382 e. The van der Waals surface area contributed by atoms with Crippen molar-refractivity contribution in [3.8, 4) is 0 Å². The van der Waals surface area contributed by atoms with Crippen molar-refractivity contribution in [2.75, 3.05) is 18.1 Å². The molecule has 5 rings (SSSR count). The second-order valence-corrected chi connectivity index (χ2v) is 11.0. The standard InChI is InChI=1S/C25H35N5O2/c1-24-10-8-18-16(5-7-20-25(18,2)11-9-22(32)30(20)3)17(24)6-4-15(24)12-21(31)29-19-13-27-14-28-23(19)26/h9,11,13-18,20H,4-8,10,12H2,1-3H3,(H,29,31)(H2,26,27,28)/t15-,16?,17?,18?,20?,24-,25-/m1/s1. The topological polar surface area (TPSA) is 101 Å². The molecule has 7 atom stereocenters. The van der Waals surface area contributed by atoms with E-state index in [2.05, 4.69) is 35.2 Å². The molecule has 1 aromatic rings. The van der Waals surface area contributed by atoms with E-state index in [1.807, 2.05) is 11.9 Å². The van der Waals surface area contributed by atoms with Gasteiger partial charge in [-0.15, -0.1) is 0 Å². The van der Waals surface area contributed by atoms with Crippen molar-refractivity contribution >= 4 is 23.3 Å². The van der Waals surface area contributed by atoms with Gasteiger partial charge in [-0.3, -0.25) is 9.59 Å². The maximum absolute atomic E-state index is 12.9. The number of anilines is 2. The molecular weight excluding hydrogens is 402 g/mol. The Hall–Kier alpha value is -2.44. The number of nitrogens with one attached hydrogen (secondary N) is 1. The van der Waals surface area contributed by atoms with Crippen molar-refractivity contribution in [2.24, 2.45) is 34.5 Å². The van der Waals surface area contributed by atoms with Gasteiger partial charge in [0.25, 0.3) is 0 Å². The van der Waals surface area contributed by atoms with Crippen molar-refractivity contribution in [1.82, 2.24) is 14.9 Å². The van der Waals surface area contributed by atoms with Gasteiger partial charge in [0.2, 0.25) is 11.8 Å². The van der Waals surface area contributed by atoms with Gasteiger partial charge in [0, 0.05) is 24.9 Å². The lowest BCUT2D eigenvalue weighted by Gasteiger charge is -2.60. The van der Waals surface area contributed by atoms with Crippen LogP contribution in [0, 0.1) is 34.5 Å². The summed E-state index contributed by atoms with van der Waals surface area (Å²) in [5.41, 5.74) is 6.62. The van der Waals surface area contributed by atoms with Crippen LogP contribution in [0.5, 0.6) is 0 Å². The number of fused-ring (bicyclic) bond motifs is 5. The molecule has 2 heterocycles. The second-order valence-electron chi connectivity index (χ2n) is 11.0. The number of nitrogen functional groups attached to an aromatic ring is 1. The summed E-state index contributed by atoms with van der Waals surface area (Å²) in [6, 6.07) is 0.312. The fourth-order valence-electron chi connectivity index (χ4n) is 8.04. The Bertz CT molecular complexity index is 963. The van der Waals surface area contributed by atoms with E-state index in [-0.39, 0.29) is 22.6 Å². The molecule has 3 saturated carbocycles. The number of aromatic nitrogens is 2. The second kappa shape index (κ2) is 7.56. The van der Waals surface area contributed by atoms with Gasteiger partial charge in [0.05, 0.1) is 6.20 Å². The van der Waals surface area contributed by atoms with Gasteiger partial charge in [-0.2, -0.15) is 0 Å². The highest BCUT2D eigenvalue weighted by Crippen LogP contribution is 2.65.